The van der Waals surface area contributed by atoms with Crippen LogP contribution in [0, 0.1) is 0 Å². The quantitative estimate of drug-likeness (QED) is 0.633. The number of amides is 1. The molecule has 0 atom stereocenters. The standard InChI is InChI=1S/C23H26BrNO3/c1-2-27-20-8-3-4-9-21(20)28-19-10-14-25(15-11-19)22(26)23(12-13-23)17-6-5-7-18(24)16-17/h3-9,16,19H,2,10-15H2,1H3. The molecule has 1 aliphatic carbocycles. The number of benzene rings is 2. The summed E-state index contributed by atoms with van der Waals surface area (Å²) in [7, 11) is 0. The van der Waals surface area contributed by atoms with Crippen molar-refractivity contribution in [2.75, 3.05) is 19.7 Å². The van der Waals surface area contributed by atoms with Crippen molar-refractivity contribution >= 4 is 21.8 Å². The van der Waals surface area contributed by atoms with Gasteiger partial charge in [-0.25, -0.2) is 0 Å². The van der Waals surface area contributed by atoms with Gasteiger partial charge in [0.2, 0.25) is 5.91 Å². The van der Waals surface area contributed by atoms with Crippen LogP contribution in [0.2, 0.25) is 0 Å². The molecular weight excluding hydrogens is 418 g/mol. The van der Waals surface area contributed by atoms with E-state index >= 15 is 0 Å². The van der Waals surface area contributed by atoms with Crippen LogP contribution in [0.1, 0.15) is 38.2 Å². The molecule has 0 bridgehead atoms. The summed E-state index contributed by atoms with van der Waals surface area (Å²) in [6.45, 7) is 4.08. The zero-order chi connectivity index (χ0) is 19.6. The van der Waals surface area contributed by atoms with Gasteiger partial charge in [-0.15, -0.1) is 0 Å². The maximum absolute atomic E-state index is 13.2. The fraction of sp³-hybridized carbons (Fsp3) is 0.435. The van der Waals surface area contributed by atoms with Crippen molar-refractivity contribution in [3.63, 3.8) is 0 Å². The van der Waals surface area contributed by atoms with Crippen LogP contribution in [-0.4, -0.2) is 36.6 Å². The van der Waals surface area contributed by atoms with E-state index in [1.54, 1.807) is 0 Å². The number of para-hydroxylation sites is 2. The van der Waals surface area contributed by atoms with Crippen molar-refractivity contribution in [3.05, 3.63) is 58.6 Å². The highest BCUT2D eigenvalue weighted by Crippen LogP contribution is 2.50. The number of piperidine rings is 1. The lowest BCUT2D eigenvalue weighted by atomic mass is 9.93. The number of carbonyl (C=O) groups excluding carboxylic acids is 1. The van der Waals surface area contributed by atoms with E-state index in [0.717, 1.165) is 60.3 Å². The van der Waals surface area contributed by atoms with E-state index in [-0.39, 0.29) is 17.4 Å². The Morgan fingerprint density at radius 1 is 1.11 bits per heavy atom. The highest BCUT2D eigenvalue weighted by atomic mass is 79.9. The summed E-state index contributed by atoms with van der Waals surface area (Å²) in [4.78, 5) is 15.3. The van der Waals surface area contributed by atoms with Gasteiger partial charge in [0.15, 0.2) is 11.5 Å². The van der Waals surface area contributed by atoms with Crippen LogP contribution in [-0.2, 0) is 10.2 Å². The van der Waals surface area contributed by atoms with Gasteiger partial charge in [-0.3, -0.25) is 4.79 Å². The second-order valence-corrected chi connectivity index (χ2v) is 8.50. The molecule has 0 aromatic heterocycles. The van der Waals surface area contributed by atoms with E-state index in [2.05, 4.69) is 28.1 Å². The topological polar surface area (TPSA) is 38.8 Å². The van der Waals surface area contributed by atoms with Gasteiger partial charge in [-0.2, -0.15) is 0 Å². The van der Waals surface area contributed by atoms with Gasteiger partial charge < -0.3 is 14.4 Å². The maximum Gasteiger partial charge on any atom is 0.233 e. The molecule has 1 amide bonds. The van der Waals surface area contributed by atoms with Gasteiger partial charge in [0, 0.05) is 30.4 Å². The molecule has 0 radical (unpaired) electrons. The molecule has 0 N–H and O–H groups in total. The summed E-state index contributed by atoms with van der Waals surface area (Å²) in [6.07, 6.45) is 3.70. The molecular formula is C23H26BrNO3. The Morgan fingerprint density at radius 2 is 1.82 bits per heavy atom. The minimum Gasteiger partial charge on any atom is -0.490 e. The second-order valence-electron chi connectivity index (χ2n) is 7.58. The van der Waals surface area contributed by atoms with E-state index < -0.39 is 0 Å². The summed E-state index contributed by atoms with van der Waals surface area (Å²) in [6, 6.07) is 16.0. The summed E-state index contributed by atoms with van der Waals surface area (Å²) >= 11 is 3.53. The molecule has 28 heavy (non-hydrogen) atoms. The maximum atomic E-state index is 13.2. The lowest BCUT2D eigenvalue weighted by Gasteiger charge is -2.35. The molecule has 4 nitrogen and oxygen atoms in total. The Balaban J connectivity index is 1.38. The van der Waals surface area contributed by atoms with E-state index in [9.17, 15) is 4.79 Å². The molecule has 1 saturated heterocycles. The molecule has 1 saturated carbocycles. The number of halogens is 1. The van der Waals surface area contributed by atoms with Crippen molar-refractivity contribution in [1.82, 2.24) is 4.90 Å². The third kappa shape index (κ3) is 3.90. The fourth-order valence-corrected chi connectivity index (χ4v) is 4.42. The first-order valence-corrected chi connectivity index (χ1v) is 10.9. The molecule has 5 heteroatoms. The molecule has 2 aliphatic rings. The molecule has 2 fully saturated rings. The van der Waals surface area contributed by atoms with E-state index in [4.69, 9.17) is 9.47 Å². The van der Waals surface area contributed by atoms with Gasteiger partial charge in [0.25, 0.3) is 0 Å². The highest BCUT2D eigenvalue weighted by molar-refractivity contribution is 9.10. The number of likely N-dealkylation sites (tertiary alicyclic amines) is 1. The monoisotopic (exact) mass is 443 g/mol. The first-order chi connectivity index (χ1) is 13.6. The van der Waals surface area contributed by atoms with Gasteiger partial charge in [0.1, 0.15) is 6.10 Å². The predicted molar refractivity (Wildman–Crippen MR) is 113 cm³/mol. The number of hydrogen-bond donors (Lipinski definition) is 0. The first-order valence-electron chi connectivity index (χ1n) is 10.1. The van der Waals surface area contributed by atoms with Gasteiger partial charge in [0.05, 0.1) is 12.0 Å². The average molecular weight is 444 g/mol. The number of nitrogens with zero attached hydrogens (tertiary/aromatic N) is 1. The number of ether oxygens (including phenoxy) is 2. The Kier molecular flexibility index (Phi) is 5.63. The van der Waals surface area contributed by atoms with Gasteiger partial charge in [-0.05, 0) is 49.6 Å². The van der Waals surface area contributed by atoms with Gasteiger partial charge >= 0.3 is 0 Å². The molecule has 0 spiro atoms. The average Bonchev–Trinajstić information content (AvgIpc) is 3.52. The van der Waals surface area contributed by atoms with Crippen molar-refractivity contribution in [2.45, 2.75) is 44.1 Å². The lowest BCUT2D eigenvalue weighted by Crippen LogP contribution is -2.46. The highest BCUT2D eigenvalue weighted by Gasteiger charge is 2.53. The lowest BCUT2D eigenvalue weighted by molar-refractivity contribution is -0.135. The smallest absolute Gasteiger partial charge is 0.233 e. The zero-order valence-electron chi connectivity index (χ0n) is 16.2. The van der Waals surface area contributed by atoms with Gasteiger partial charge in [-0.1, -0.05) is 40.2 Å². The number of carbonyl (C=O) groups is 1. The van der Waals surface area contributed by atoms with Crippen LogP contribution < -0.4 is 9.47 Å². The molecule has 0 unspecified atom stereocenters. The molecule has 1 heterocycles. The molecule has 148 valence electrons. The normalized spacial score (nSPS) is 18.6. The third-order valence-electron chi connectivity index (χ3n) is 5.71. The largest absolute Gasteiger partial charge is 0.490 e. The summed E-state index contributed by atoms with van der Waals surface area (Å²) in [5, 5.41) is 0. The SMILES string of the molecule is CCOc1ccccc1OC1CCN(C(=O)C2(c3cccc(Br)c3)CC2)CC1. The molecule has 4 rings (SSSR count). The molecule has 2 aromatic rings. The van der Waals surface area contributed by atoms with Crippen molar-refractivity contribution < 1.29 is 14.3 Å². The van der Waals surface area contributed by atoms with E-state index in [1.807, 2.05) is 48.2 Å². The van der Waals surface area contributed by atoms with Crippen molar-refractivity contribution in [3.8, 4) is 11.5 Å². The summed E-state index contributed by atoms with van der Waals surface area (Å²) in [5.41, 5.74) is 0.829. The minimum absolute atomic E-state index is 0.117. The van der Waals surface area contributed by atoms with Crippen LogP contribution in [0.15, 0.2) is 53.0 Å². The minimum atomic E-state index is -0.307. The van der Waals surface area contributed by atoms with Crippen LogP contribution in [0.3, 0.4) is 0 Å². The van der Waals surface area contributed by atoms with E-state index in [0.29, 0.717) is 6.61 Å². The van der Waals surface area contributed by atoms with Crippen molar-refractivity contribution in [1.29, 1.82) is 0 Å². The third-order valence-corrected chi connectivity index (χ3v) is 6.20. The summed E-state index contributed by atoms with van der Waals surface area (Å²) in [5.74, 6) is 1.86. The van der Waals surface area contributed by atoms with Crippen LogP contribution in [0.5, 0.6) is 11.5 Å². The molecule has 2 aromatic carbocycles. The second kappa shape index (κ2) is 8.16. The Labute approximate surface area is 175 Å². The Hall–Kier alpha value is -2.01. The predicted octanol–water partition coefficient (Wildman–Crippen LogP) is 4.95. The van der Waals surface area contributed by atoms with E-state index in [1.165, 1.54) is 0 Å². The van der Waals surface area contributed by atoms with Crippen LogP contribution in [0.25, 0.3) is 0 Å². The first kappa shape index (κ1) is 19.3. The molecule has 1 aliphatic heterocycles. The summed E-state index contributed by atoms with van der Waals surface area (Å²) < 4.78 is 12.9. The van der Waals surface area contributed by atoms with Crippen LogP contribution >= 0.6 is 15.9 Å². The Bertz CT molecular complexity index is 841. The Morgan fingerprint density at radius 3 is 2.46 bits per heavy atom. The fourth-order valence-electron chi connectivity index (χ4n) is 4.02. The zero-order valence-corrected chi connectivity index (χ0v) is 17.8. The number of rotatable bonds is 6. The van der Waals surface area contributed by atoms with Crippen molar-refractivity contribution in [2.24, 2.45) is 0 Å². The number of hydrogen-bond acceptors (Lipinski definition) is 3. The van der Waals surface area contributed by atoms with Crippen LogP contribution in [0.4, 0.5) is 0 Å².